The van der Waals surface area contributed by atoms with Crippen molar-refractivity contribution >= 4 is 30.1 Å². The van der Waals surface area contributed by atoms with Gasteiger partial charge in [0, 0.05) is 43.9 Å². The molecule has 0 aliphatic carbocycles. The highest BCUT2D eigenvalue weighted by Crippen LogP contribution is 2.40. The maximum atomic E-state index is 13.3. The number of rotatable bonds is 6. The molecule has 0 bridgehead atoms. The molecule has 5 heterocycles. The summed E-state index contributed by atoms with van der Waals surface area (Å²) in [6.45, 7) is 6.92. The number of anilines is 2. The summed E-state index contributed by atoms with van der Waals surface area (Å²) in [7, 11) is 0. The van der Waals surface area contributed by atoms with Gasteiger partial charge in [0.2, 0.25) is 11.9 Å². The van der Waals surface area contributed by atoms with E-state index in [-0.39, 0.29) is 11.9 Å². The molecule has 1 unspecified atom stereocenters. The first kappa shape index (κ1) is 23.5. The van der Waals surface area contributed by atoms with Crippen LogP contribution in [0.4, 0.5) is 30.6 Å². The monoisotopic (exact) mass is 488 g/mol. The molecule has 35 heavy (non-hydrogen) atoms. The van der Waals surface area contributed by atoms with Gasteiger partial charge in [-0.1, -0.05) is 0 Å². The van der Waals surface area contributed by atoms with Gasteiger partial charge in [-0.25, -0.2) is 15.0 Å². The van der Waals surface area contributed by atoms with Crippen LogP contribution in [0.25, 0.3) is 0 Å². The SMILES string of the molecule is C=Nc1cnc(NCC2CCN(C(=O)[C@H]3CCN3)CC2)nc1C1CNc2ncc(C(F)(F)F)cc21. The lowest BCUT2D eigenvalue weighted by Crippen LogP contribution is -2.55. The van der Waals surface area contributed by atoms with E-state index in [9.17, 15) is 18.0 Å². The van der Waals surface area contributed by atoms with Gasteiger partial charge in [-0.3, -0.25) is 9.79 Å². The summed E-state index contributed by atoms with van der Waals surface area (Å²) in [6.07, 6.45) is 0.553. The number of aromatic nitrogens is 3. The second-order valence-electron chi connectivity index (χ2n) is 9.16. The molecule has 2 aromatic rings. The summed E-state index contributed by atoms with van der Waals surface area (Å²) in [5.41, 5.74) is 0.540. The Labute approximate surface area is 200 Å². The topological polar surface area (TPSA) is 107 Å². The predicted molar refractivity (Wildman–Crippen MR) is 125 cm³/mol. The largest absolute Gasteiger partial charge is 0.417 e. The van der Waals surface area contributed by atoms with Crippen molar-refractivity contribution in [2.45, 2.75) is 37.4 Å². The molecular formula is C23H27F3N8O. The van der Waals surface area contributed by atoms with Crippen LogP contribution in [-0.4, -0.2) is 71.2 Å². The molecule has 3 aliphatic heterocycles. The van der Waals surface area contributed by atoms with Crippen molar-refractivity contribution < 1.29 is 18.0 Å². The smallest absolute Gasteiger partial charge is 0.369 e. The van der Waals surface area contributed by atoms with Crippen LogP contribution in [0.1, 0.15) is 42.0 Å². The van der Waals surface area contributed by atoms with Crippen LogP contribution in [0.2, 0.25) is 0 Å². The van der Waals surface area contributed by atoms with Crippen molar-refractivity contribution in [2.75, 3.05) is 43.4 Å². The normalized spacial score (nSPS) is 22.2. The molecule has 12 heteroatoms. The minimum Gasteiger partial charge on any atom is -0.369 e. The highest BCUT2D eigenvalue weighted by Gasteiger charge is 2.36. The lowest BCUT2D eigenvalue weighted by Gasteiger charge is -2.37. The van der Waals surface area contributed by atoms with Crippen LogP contribution >= 0.6 is 0 Å². The number of pyridine rings is 1. The second-order valence-corrected chi connectivity index (χ2v) is 9.16. The van der Waals surface area contributed by atoms with E-state index >= 15 is 0 Å². The zero-order chi connectivity index (χ0) is 24.6. The average Bonchev–Trinajstić information content (AvgIpc) is 3.24. The Morgan fingerprint density at radius 3 is 2.66 bits per heavy atom. The van der Waals surface area contributed by atoms with Crippen LogP contribution in [0.5, 0.6) is 0 Å². The van der Waals surface area contributed by atoms with Crippen molar-refractivity contribution in [1.82, 2.24) is 25.2 Å². The lowest BCUT2D eigenvalue weighted by atomic mass is 9.95. The van der Waals surface area contributed by atoms with E-state index in [0.717, 1.165) is 51.2 Å². The Kier molecular flexibility index (Phi) is 6.30. The predicted octanol–water partition coefficient (Wildman–Crippen LogP) is 2.79. The molecule has 3 N–H and O–H groups in total. The third-order valence-corrected chi connectivity index (χ3v) is 6.99. The van der Waals surface area contributed by atoms with Crippen molar-refractivity contribution in [2.24, 2.45) is 10.9 Å². The van der Waals surface area contributed by atoms with Crippen LogP contribution in [0.15, 0.2) is 23.5 Å². The minimum absolute atomic E-state index is 0.0221. The number of nitrogens with zero attached hydrogens (tertiary/aromatic N) is 5. The number of fused-ring (bicyclic) bond motifs is 1. The van der Waals surface area contributed by atoms with E-state index in [0.29, 0.717) is 47.7 Å². The number of carbonyl (C=O) groups excluding carboxylic acids is 1. The number of likely N-dealkylation sites (tertiary alicyclic amines) is 1. The fraction of sp³-hybridized carbons (Fsp3) is 0.522. The Bertz CT molecular complexity index is 1110. The fourth-order valence-electron chi connectivity index (χ4n) is 4.77. The number of carbonyl (C=O) groups is 1. The zero-order valence-electron chi connectivity index (χ0n) is 19.1. The van der Waals surface area contributed by atoms with Crippen LogP contribution in [-0.2, 0) is 11.0 Å². The van der Waals surface area contributed by atoms with E-state index in [1.165, 1.54) is 6.20 Å². The summed E-state index contributed by atoms with van der Waals surface area (Å²) in [5, 5.41) is 9.47. The molecule has 186 valence electrons. The van der Waals surface area contributed by atoms with Crippen molar-refractivity contribution in [3.05, 3.63) is 35.3 Å². The number of hydrogen-bond donors (Lipinski definition) is 3. The van der Waals surface area contributed by atoms with E-state index < -0.39 is 17.7 Å². The maximum absolute atomic E-state index is 13.3. The summed E-state index contributed by atoms with van der Waals surface area (Å²) in [6, 6.07) is 1.09. The van der Waals surface area contributed by atoms with Gasteiger partial charge in [0.15, 0.2) is 0 Å². The highest BCUT2D eigenvalue weighted by atomic mass is 19.4. The summed E-state index contributed by atoms with van der Waals surface area (Å²) >= 11 is 0. The van der Waals surface area contributed by atoms with E-state index in [4.69, 9.17) is 0 Å². The third-order valence-electron chi connectivity index (χ3n) is 6.99. The number of hydrogen-bond acceptors (Lipinski definition) is 8. The van der Waals surface area contributed by atoms with Crippen LogP contribution < -0.4 is 16.0 Å². The molecule has 0 aromatic carbocycles. The first-order chi connectivity index (χ1) is 16.8. The number of aliphatic imine (C=N–C) groups is 1. The number of nitrogens with one attached hydrogen (secondary N) is 3. The Morgan fingerprint density at radius 1 is 1.23 bits per heavy atom. The second kappa shape index (κ2) is 9.40. The van der Waals surface area contributed by atoms with Crippen molar-refractivity contribution in [3.8, 4) is 0 Å². The molecule has 2 aromatic heterocycles. The van der Waals surface area contributed by atoms with Gasteiger partial charge < -0.3 is 20.9 Å². The highest BCUT2D eigenvalue weighted by molar-refractivity contribution is 5.82. The Balaban J connectivity index is 1.26. The van der Waals surface area contributed by atoms with Gasteiger partial charge in [-0.15, -0.1) is 0 Å². The fourth-order valence-corrected chi connectivity index (χ4v) is 4.77. The van der Waals surface area contributed by atoms with Gasteiger partial charge in [0.25, 0.3) is 0 Å². The van der Waals surface area contributed by atoms with Gasteiger partial charge in [0.1, 0.15) is 11.5 Å². The van der Waals surface area contributed by atoms with Crippen LogP contribution in [0.3, 0.4) is 0 Å². The summed E-state index contributed by atoms with van der Waals surface area (Å²) in [4.78, 5) is 31.2. The van der Waals surface area contributed by atoms with Gasteiger partial charge in [-0.2, -0.15) is 13.2 Å². The lowest BCUT2D eigenvalue weighted by molar-refractivity contribution is -0.138. The van der Waals surface area contributed by atoms with Gasteiger partial charge in [0.05, 0.1) is 23.5 Å². The number of amides is 1. The molecule has 9 nitrogen and oxygen atoms in total. The van der Waals surface area contributed by atoms with Gasteiger partial charge >= 0.3 is 6.18 Å². The minimum atomic E-state index is -4.48. The molecular weight excluding hydrogens is 461 g/mol. The molecule has 0 radical (unpaired) electrons. The number of halogens is 3. The Hall–Kier alpha value is -3.28. The standard InChI is InChI=1S/C23H27F3N8O/c1-27-18-12-32-22(31-9-13-3-6-34(7-4-13)21(35)17-2-5-28-17)33-19(18)16-11-30-20-15(16)8-14(10-29-20)23(24,25)26/h8,10,12-13,16-17,28H,1-7,9,11H2,(H,29,30)(H,31,32,33)/t16?,17-/m1/s1. The number of alkyl halides is 3. The zero-order valence-corrected chi connectivity index (χ0v) is 19.1. The molecule has 2 saturated heterocycles. The van der Waals surface area contributed by atoms with Crippen molar-refractivity contribution in [3.63, 3.8) is 0 Å². The van der Waals surface area contributed by atoms with Crippen molar-refractivity contribution in [1.29, 1.82) is 0 Å². The van der Waals surface area contributed by atoms with Gasteiger partial charge in [-0.05, 0) is 44.5 Å². The summed E-state index contributed by atoms with van der Waals surface area (Å²) < 4.78 is 39.8. The molecule has 1 amide bonds. The summed E-state index contributed by atoms with van der Waals surface area (Å²) in [5.74, 6) is 0.891. The third kappa shape index (κ3) is 4.79. The molecule has 3 aliphatic rings. The molecule has 2 fully saturated rings. The van der Waals surface area contributed by atoms with Crippen LogP contribution in [0, 0.1) is 5.92 Å². The average molecular weight is 489 g/mol. The van der Waals surface area contributed by atoms with E-state index in [1.54, 1.807) is 0 Å². The molecule has 0 spiro atoms. The first-order valence-electron chi connectivity index (χ1n) is 11.7. The maximum Gasteiger partial charge on any atom is 0.417 e. The number of piperidine rings is 1. The first-order valence-corrected chi connectivity index (χ1v) is 11.7. The quantitative estimate of drug-likeness (QED) is 0.537. The van der Waals surface area contributed by atoms with E-state index in [1.807, 2.05) is 4.90 Å². The molecule has 2 atom stereocenters. The Morgan fingerprint density at radius 2 is 2.00 bits per heavy atom. The van der Waals surface area contributed by atoms with E-state index in [2.05, 4.69) is 42.6 Å². The molecule has 5 rings (SSSR count). The molecule has 0 saturated carbocycles.